The molecule has 2 aromatic carbocycles. The average molecular weight is 324 g/mol. The Labute approximate surface area is 141 Å². The molecule has 1 aliphatic heterocycles. The largest absolute Gasteiger partial charge is 0.457 e. The number of rotatable bonds is 5. The molecule has 24 heavy (non-hydrogen) atoms. The highest BCUT2D eigenvalue weighted by Gasteiger charge is 2.71. The summed E-state index contributed by atoms with van der Waals surface area (Å²) in [6.45, 7) is 4.57. The first-order chi connectivity index (χ1) is 11.6. The molecule has 2 aliphatic rings. The minimum absolute atomic E-state index is 0.00172. The van der Waals surface area contributed by atoms with E-state index in [-0.39, 0.29) is 23.2 Å². The predicted octanol–water partition coefficient (Wildman–Crippen LogP) is 4.15. The molecule has 1 saturated heterocycles. The first-order valence-electron chi connectivity index (χ1n) is 8.19. The maximum atomic E-state index is 11.8. The molecule has 2 fully saturated rings. The van der Waals surface area contributed by atoms with E-state index >= 15 is 0 Å². The molecule has 1 saturated carbocycles. The second kappa shape index (κ2) is 5.64. The monoisotopic (exact) mass is 324 g/mol. The van der Waals surface area contributed by atoms with Gasteiger partial charge in [0.05, 0.1) is 12.5 Å². The summed E-state index contributed by atoms with van der Waals surface area (Å²) in [5.41, 5.74) is 0.986. The van der Waals surface area contributed by atoms with Gasteiger partial charge in [0.25, 0.3) is 0 Å². The molecule has 0 N–H and O–H groups in total. The van der Waals surface area contributed by atoms with Crippen molar-refractivity contribution >= 4 is 5.97 Å². The minimum atomic E-state index is -0.434. The summed E-state index contributed by atoms with van der Waals surface area (Å²) in [4.78, 5) is 11.8. The van der Waals surface area contributed by atoms with Crippen LogP contribution in [0.5, 0.6) is 11.5 Å². The van der Waals surface area contributed by atoms with Gasteiger partial charge in [0, 0.05) is 5.92 Å². The summed E-state index contributed by atoms with van der Waals surface area (Å²) in [7, 11) is 0. The lowest BCUT2D eigenvalue weighted by molar-refractivity contribution is -0.178. The number of fused-ring (bicyclic) bond motifs is 1. The normalized spacial score (nSPS) is 26.6. The second-order valence-corrected chi connectivity index (χ2v) is 7.00. The van der Waals surface area contributed by atoms with Crippen molar-refractivity contribution < 1.29 is 19.0 Å². The fraction of sp³-hybridized carbons (Fsp3) is 0.350. The fourth-order valence-electron chi connectivity index (χ4n) is 3.54. The van der Waals surface area contributed by atoms with Crippen LogP contribution in [0.2, 0.25) is 0 Å². The van der Waals surface area contributed by atoms with Gasteiger partial charge in [0.2, 0.25) is 6.29 Å². The first kappa shape index (κ1) is 15.2. The highest BCUT2D eigenvalue weighted by atomic mass is 16.7. The number of esters is 1. The van der Waals surface area contributed by atoms with Crippen LogP contribution >= 0.6 is 0 Å². The number of hydrogen-bond acceptors (Lipinski definition) is 4. The van der Waals surface area contributed by atoms with Crippen LogP contribution < -0.4 is 4.74 Å². The molecule has 1 aliphatic carbocycles. The van der Waals surface area contributed by atoms with Gasteiger partial charge in [0.15, 0.2) is 0 Å². The van der Waals surface area contributed by atoms with Gasteiger partial charge >= 0.3 is 5.97 Å². The van der Waals surface area contributed by atoms with Crippen LogP contribution in [-0.4, -0.2) is 12.3 Å². The molecule has 0 aromatic heterocycles. The fourth-order valence-corrected chi connectivity index (χ4v) is 3.54. The molecular weight excluding hydrogens is 304 g/mol. The molecule has 2 aromatic rings. The van der Waals surface area contributed by atoms with E-state index < -0.39 is 6.29 Å². The van der Waals surface area contributed by atoms with Crippen LogP contribution in [0.4, 0.5) is 0 Å². The maximum Gasteiger partial charge on any atom is 0.312 e. The highest BCUT2D eigenvalue weighted by Crippen LogP contribution is 2.64. The minimum Gasteiger partial charge on any atom is -0.457 e. The number of carbonyl (C=O) groups is 1. The van der Waals surface area contributed by atoms with Crippen LogP contribution in [0.15, 0.2) is 54.6 Å². The van der Waals surface area contributed by atoms with Crippen molar-refractivity contribution in [2.24, 2.45) is 17.3 Å². The van der Waals surface area contributed by atoms with E-state index in [0.29, 0.717) is 6.61 Å². The summed E-state index contributed by atoms with van der Waals surface area (Å²) in [5.74, 6) is 1.60. The van der Waals surface area contributed by atoms with Gasteiger partial charge in [-0.05, 0) is 35.2 Å². The third-order valence-corrected chi connectivity index (χ3v) is 4.98. The zero-order chi connectivity index (χ0) is 16.7. The topological polar surface area (TPSA) is 44.8 Å². The summed E-state index contributed by atoms with van der Waals surface area (Å²) in [5, 5.41) is 0. The Kier molecular flexibility index (Phi) is 3.57. The van der Waals surface area contributed by atoms with Crippen LogP contribution in [0.25, 0.3) is 0 Å². The molecule has 0 spiro atoms. The van der Waals surface area contributed by atoms with Gasteiger partial charge in [-0.15, -0.1) is 0 Å². The van der Waals surface area contributed by atoms with Crippen LogP contribution in [-0.2, 0) is 20.9 Å². The van der Waals surface area contributed by atoms with Crippen molar-refractivity contribution in [2.75, 3.05) is 0 Å². The van der Waals surface area contributed by atoms with Crippen molar-refractivity contribution in [3.8, 4) is 11.5 Å². The van der Waals surface area contributed by atoms with E-state index in [9.17, 15) is 4.79 Å². The molecule has 0 bridgehead atoms. The first-order valence-corrected chi connectivity index (χ1v) is 8.19. The van der Waals surface area contributed by atoms with Gasteiger partial charge in [-0.3, -0.25) is 4.79 Å². The Bertz CT molecular complexity index is 753. The van der Waals surface area contributed by atoms with E-state index in [1.165, 1.54) is 0 Å². The molecule has 3 atom stereocenters. The molecule has 4 heteroatoms. The summed E-state index contributed by atoms with van der Waals surface area (Å²) < 4.78 is 17.0. The Morgan fingerprint density at radius 3 is 2.50 bits per heavy atom. The van der Waals surface area contributed by atoms with E-state index in [1.807, 2.05) is 54.6 Å². The van der Waals surface area contributed by atoms with Gasteiger partial charge in [-0.2, -0.15) is 0 Å². The number of para-hydroxylation sites is 1. The number of ether oxygens (including phenoxy) is 3. The lowest BCUT2D eigenvalue weighted by Gasteiger charge is -2.18. The molecule has 0 amide bonds. The van der Waals surface area contributed by atoms with Crippen LogP contribution in [0.3, 0.4) is 0 Å². The Balaban J connectivity index is 1.39. The molecule has 4 nitrogen and oxygen atoms in total. The maximum absolute atomic E-state index is 11.8. The number of hydrogen-bond donors (Lipinski definition) is 0. The average Bonchev–Trinajstić information content (AvgIpc) is 2.96. The summed E-state index contributed by atoms with van der Waals surface area (Å²) in [6, 6.07) is 17.4. The Hall–Kier alpha value is -2.33. The van der Waals surface area contributed by atoms with E-state index in [4.69, 9.17) is 14.2 Å². The van der Waals surface area contributed by atoms with Crippen molar-refractivity contribution in [3.05, 3.63) is 60.2 Å². The standard InChI is InChI=1S/C20H20O4/c1-20(2)16-17(20)19(24-18(16)21)22-12-13-7-6-10-15(11-13)23-14-8-4-3-5-9-14/h3-11,16-17,19H,12H2,1-2H3/t16-,17+,19+/m0/s1. The third kappa shape index (κ3) is 2.67. The molecule has 4 rings (SSSR count). The van der Waals surface area contributed by atoms with Crippen LogP contribution in [0, 0.1) is 17.3 Å². The van der Waals surface area contributed by atoms with Gasteiger partial charge in [-0.1, -0.05) is 44.2 Å². The highest BCUT2D eigenvalue weighted by molar-refractivity contribution is 5.80. The summed E-state index contributed by atoms with van der Waals surface area (Å²) in [6.07, 6.45) is -0.434. The van der Waals surface area contributed by atoms with Crippen molar-refractivity contribution in [1.29, 1.82) is 0 Å². The second-order valence-electron chi connectivity index (χ2n) is 7.00. The van der Waals surface area contributed by atoms with Crippen LogP contribution in [0.1, 0.15) is 19.4 Å². The van der Waals surface area contributed by atoms with Crippen molar-refractivity contribution in [3.63, 3.8) is 0 Å². The number of benzene rings is 2. The summed E-state index contributed by atoms with van der Waals surface area (Å²) >= 11 is 0. The number of carbonyl (C=O) groups excluding carboxylic acids is 1. The van der Waals surface area contributed by atoms with Gasteiger partial charge in [-0.25, -0.2) is 0 Å². The lowest BCUT2D eigenvalue weighted by atomic mass is 10.1. The third-order valence-electron chi connectivity index (χ3n) is 4.98. The zero-order valence-electron chi connectivity index (χ0n) is 13.8. The van der Waals surface area contributed by atoms with Crippen molar-refractivity contribution in [2.45, 2.75) is 26.7 Å². The number of cyclic esters (lactones) is 1. The van der Waals surface area contributed by atoms with Gasteiger partial charge < -0.3 is 14.2 Å². The lowest BCUT2D eigenvalue weighted by Crippen LogP contribution is -2.22. The zero-order valence-corrected chi connectivity index (χ0v) is 13.8. The molecule has 124 valence electrons. The van der Waals surface area contributed by atoms with E-state index in [2.05, 4.69) is 13.8 Å². The SMILES string of the molecule is CC1(C)[C@H]2[C@H](OCc3cccc(Oc4ccccc4)c3)OC(=O)[C@H]21. The molecule has 0 unspecified atom stereocenters. The molecule has 0 radical (unpaired) electrons. The van der Waals surface area contributed by atoms with Crippen molar-refractivity contribution in [1.82, 2.24) is 0 Å². The Morgan fingerprint density at radius 1 is 1.04 bits per heavy atom. The quantitative estimate of drug-likeness (QED) is 0.775. The van der Waals surface area contributed by atoms with E-state index in [1.54, 1.807) is 0 Å². The van der Waals surface area contributed by atoms with E-state index in [0.717, 1.165) is 17.1 Å². The molecular formula is C20H20O4. The smallest absolute Gasteiger partial charge is 0.312 e. The molecule has 1 heterocycles. The predicted molar refractivity (Wildman–Crippen MR) is 88.4 cm³/mol. The van der Waals surface area contributed by atoms with Gasteiger partial charge in [0.1, 0.15) is 11.5 Å². The Morgan fingerprint density at radius 2 is 1.79 bits per heavy atom.